The lowest BCUT2D eigenvalue weighted by Gasteiger charge is -2.08. The lowest BCUT2D eigenvalue weighted by atomic mass is 10.0. The third-order valence-corrected chi connectivity index (χ3v) is 2.80. The Balaban J connectivity index is 1.93. The van der Waals surface area contributed by atoms with E-state index in [4.69, 9.17) is 5.73 Å². The van der Waals surface area contributed by atoms with Gasteiger partial charge in [-0.25, -0.2) is 4.79 Å². The second-order valence-electron chi connectivity index (χ2n) is 4.11. The van der Waals surface area contributed by atoms with Gasteiger partial charge in [0.1, 0.15) is 0 Å². The first kappa shape index (κ1) is 12.4. The Morgan fingerprint density at radius 3 is 2.67 bits per heavy atom. The van der Waals surface area contributed by atoms with Crippen LogP contribution in [0.4, 0.5) is 4.79 Å². The Hall–Kier alpha value is -2.07. The molecule has 0 heterocycles. The number of fused-ring (bicyclic) bond motifs is 1. The largest absolute Gasteiger partial charge is 0.352 e. The summed E-state index contributed by atoms with van der Waals surface area (Å²) in [5.41, 5.74) is 6.24. The molecule has 0 aromatic heterocycles. The highest BCUT2D eigenvalue weighted by atomic mass is 16.2. The van der Waals surface area contributed by atoms with Crippen LogP contribution < -0.4 is 16.4 Å². The third kappa shape index (κ3) is 3.21. The van der Waals surface area contributed by atoms with Crippen molar-refractivity contribution in [2.45, 2.75) is 6.54 Å². The molecule has 4 N–H and O–H groups in total. The molecule has 0 saturated carbocycles. The van der Waals surface area contributed by atoms with Crippen LogP contribution in [0.3, 0.4) is 0 Å². The van der Waals surface area contributed by atoms with E-state index in [2.05, 4.69) is 41.0 Å². The van der Waals surface area contributed by atoms with Gasteiger partial charge in [-0.1, -0.05) is 42.5 Å². The number of carbonyl (C=O) groups is 1. The van der Waals surface area contributed by atoms with Gasteiger partial charge >= 0.3 is 6.03 Å². The maximum atomic E-state index is 10.5. The average Bonchev–Trinajstić information content (AvgIpc) is 2.38. The van der Waals surface area contributed by atoms with Gasteiger partial charge in [-0.05, 0) is 16.3 Å². The van der Waals surface area contributed by atoms with Crippen molar-refractivity contribution in [3.8, 4) is 0 Å². The molecular weight excluding hydrogens is 226 g/mol. The summed E-state index contributed by atoms with van der Waals surface area (Å²) in [6.07, 6.45) is 0. The molecule has 94 valence electrons. The first-order valence-corrected chi connectivity index (χ1v) is 5.98. The van der Waals surface area contributed by atoms with Gasteiger partial charge in [-0.15, -0.1) is 0 Å². The number of hydrogen-bond donors (Lipinski definition) is 3. The predicted molar refractivity (Wildman–Crippen MR) is 73.2 cm³/mol. The van der Waals surface area contributed by atoms with Crippen molar-refractivity contribution < 1.29 is 4.79 Å². The number of benzene rings is 2. The van der Waals surface area contributed by atoms with Gasteiger partial charge in [0.25, 0.3) is 0 Å². The third-order valence-electron chi connectivity index (χ3n) is 2.80. The molecule has 0 fully saturated rings. The van der Waals surface area contributed by atoms with E-state index < -0.39 is 6.03 Å². The second-order valence-corrected chi connectivity index (χ2v) is 4.11. The van der Waals surface area contributed by atoms with Crippen molar-refractivity contribution in [2.24, 2.45) is 5.73 Å². The molecule has 0 atom stereocenters. The van der Waals surface area contributed by atoms with E-state index in [1.165, 1.54) is 16.3 Å². The molecule has 0 radical (unpaired) electrons. The molecule has 2 amide bonds. The van der Waals surface area contributed by atoms with E-state index in [1.54, 1.807) is 0 Å². The lowest BCUT2D eigenvalue weighted by Crippen LogP contribution is -2.35. The lowest BCUT2D eigenvalue weighted by molar-refractivity contribution is 0.249. The minimum Gasteiger partial charge on any atom is -0.352 e. The van der Waals surface area contributed by atoms with E-state index in [0.717, 1.165) is 6.54 Å². The summed E-state index contributed by atoms with van der Waals surface area (Å²) in [5, 5.41) is 8.33. The van der Waals surface area contributed by atoms with E-state index in [0.29, 0.717) is 13.1 Å². The maximum absolute atomic E-state index is 10.5. The smallest absolute Gasteiger partial charge is 0.312 e. The molecule has 0 spiro atoms. The topological polar surface area (TPSA) is 67.2 Å². The number of nitrogens with two attached hydrogens (primary N) is 1. The van der Waals surface area contributed by atoms with Crippen molar-refractivity contribution in [3.63, 3.8) is 0 Å². The van der Waals surface area contributed by atoms with Crippen molar-refractivity contribution in [1.29, 1.82) is 0 Å². The fourth-order valence-electron chi connectivity index (χ4n) is 1.94. The van der Waals surface area contributed by atoms with Gasteiger partial charge in [-0.3, -0.25) is 0 Å². The zero-order valence-corrected chi connectivity index (χ0v) is 10.1. The van der Waals surface area contributed by atoms with E-state index in [-0.39, 0.29) is 0 Å². The van der Waals surface area contributed by atoms with Crippen LogP contribution in [0, 0.1) is 0 Å². The van der Waals surface area contributed by atoms with E-state index in [1.807, 2.05) is 12.1 Å². The SMILES string of the molecule is NC(=O)NCCNCc1cccc2ccccc12. The fraction of sp³-hybridized carbons (Fsp3) is 0.214. The van der Waals surface area contributed by atoms with Crippen LogP contribution in [0.5, 0.6) is 0 Å². The Bertz CT molecular complexity index is 534. The number of amides is 2. The second kappa shape index (κ2) is 6.02. The van der Waals surface area contributed by atoms with Crippen molar-refractivity contribution in [3.05, 3.63) is 48.0 Å². The first-order valence-electron chi connectivity index (χ1n) is 5.98. The summed E-state index contributed by atoms with van der Waals surface area (Å²) in [7, 11) is 0. The van der Waals surface area contributed by atoms with Gasteiger partial charge in [0, 0.05) is 19.6 Å². The molecule has 0 aliphatic rings. The summed E-state index contributed by atoms with van der Waals surface area (Å²) < 4.78 is 0. The van der Waals surface area contributed by atoms with Crippen molar-refractivity contribution in [1.82, 2.24) is 10.6 Å². The summed E-state index contributed by atoms with van der Waals surface area (Å²) in [6.45, 7) is 2.02. The molecule has 0 bridgehead atoms. The molecule has 2 aromatic rings. The standard InChI is InChI=1S/C14H17N3O/c15-14(18)17-9-8-16-10-12-6-3-5-11-4-1-2-7-13(11)12/h1-7,16H,8-10H2,(H3,15,17,18). The number of primary amides is 1. The molecule has 0 unspecified atom stereocenters. The van der Waals surface area contributed by atoms with Crippen LogP contribution in [0.15, 0.2) is 42.5 Å². The van der Waals surface area contributed by atoms with Crippen molar-refractivity contribution >= 4 is 16.8 Å². The van der Waals surface area contributed by atoms with Gasteiger partial charge in [0.05, 0.1) is 0 Å². The molecule has 2 rings (SSSR count). The molecule has 4 nitrogen and oxygen atoms in total. The summed E-state index contributed by atoms with van der Waals surface area (Å²) in [6, 6.07) is 14.1. The Kier molecular flexibility index (Phi) is 4.15. The highest BCUT2D eigenvalue weighted by Crippen LogP contribution is 2.17. The van der Waals surface area contributed by atoms with Gasteiger partial charge in [0.15, 0.2) is 0 Å². The monoisotopic (exact) mass is 243 g/mol. The zero-order valence-electron chi connectivity index (χ0n) is 10.1. The molecule has 4 heteroatoms. The quantitative estimate of drug-likeness (QED) is 0.698. The minimum absolute atomic E-state index is 0.484. The highest BCUT2D eigenvalue weighted by Gasteiger charge is 1.99. The zero-order chi connectivity index (χ0) is 12.8. The Morgan fingerprint density at radius 1 is 1.06 bits per heavy atom. The highest BCUT2D eigenvalue weighted by molar-refractivity contribution is 5.85. The maximum Gasteiger partial charge on any atom is 0.312 e. The van der Waals surface area contributed by atoms with Crippen LogP contribution in [0.2, 0.25) is 0 Å². The molecule has 18 heavy (non-hydrogen) atoms. The summed E-state index contributed by atoms with van der Waals surface area (Å²) in [4.78, 5) is 10.5. The molecule has 0 aliphatic heterocycles. The van der Waals surface area contributed by atoms with Crippen LogP contribution in [0.25, 0.3) is 10.8 Å². The van der Waals surface area contributed by atoms with E-state index >= 15 is 0 Å². The number of hydrogen-bond acceptors (Lipinski definition) is 2. The van der Waals surface area contributed by atoms with Crippen LogP contribution in [-0.4, -0.2) is 19.1 Å². The fourth-order valence-corrected chi connectivity index (χ4v) is 1.94. The predicted octanol–water partition coefficient (Wildman–Crippen LogP) is 1.60. The number of carbonyl (C=O) groups excluding carboxylic acids is 1. The molecule has 2 aromatic carbocycles. The first-order chi connectivity index (χ1) is 8.77. The normalized spacial score (nSPS) is 10.4. The Labute approximate surface area is 106 Å². The number of rotatable bonds is 5. The van der Waals surface area contributed by atoms with Crippen LogP contribution >= 0.6 is 0 Å². The van der Waals surface area contributed by atoms with Crippen LogP contribution in [0.1, 0.15) is 5.56 Å². The summed E-state index contributed by atoms with van der Waals surface area (Å²) in [5.74, 6) is 0. The van der Waals surface area contributed by atoms with Gasteiger partial charge < -0.3 is 16.4 Å². The minimum atomic E-state index is -0.484. The van der Waals surface area contributed by atoms with Gasteiger partial charge in [0.2, 0.25) is 0 Å². The number of urea groups is 1. The van der Waals surface area contributed by atoms with Crippen molar-refractivity contribution in [2.75, 3.05) is 13.1 Å². The van der Waals surface area contributed by atoms with Crippen LogP contribution in [-0.2, 0) is 6.54 Å². The van der Waals surface area contributed by atoms with E-state index in [9.17, 15) is 4.79 Å². The number of nitrogens with one attached hydrogen (secondary N) is 2. The summed E-state index contributed by atoms with van der Waals surface area (Å²) >= 11 is 0. The van der Waals surface area contributed by atoms with Gasteiger partial charge in [-0.2, -0.15) is 0 Å². The Morgan fingerprint density at radius 2 is 1.83 bits per heavy atom. The molecule has 0 aliphatic carbocycles. The average molecular weight is 243 g/mol. The molecular formula is C14H17N3O. The molecule has 0 saturated heterocycles.